The lowest BCUT2D eigenvalue weighted by atomic mass is 10.1. The van der Waals surface area contributed by atoms with Crippen molar-refractivity contribution in [2.75, 3.05) is 0 Å². The molecule has 106 valence electrons. The molecule has 1 heterocycles. The minimum atomic E-state index is -0.470. The minimum absolute atomic E-state index is 0.151. The van der Waals surface area contributed by atoms with Gasteiger partial charge in [-0.25, -0.2) is 4.39 Å². The van der Waals surface area contributed by atoms with Gasteiger partial charge in [0.05, 0.1) is 11.1 Å². The van der Waals surface area contributed by atoms with E-state index in [1.54, 1.807) is 16.7 Å². The number of hydrogen-bond donors (Lipinski definition) is 0. The lowest BCUT2D eigenvalue weighted by Gasteiger charge is -2.15. The summed E-state index contributed by atoms with van der Waals surface area (Å²) in [5.74, 6) is -0.470. The fraction of sp³-hybridized carbons (Fsp3) is 0.167. The lowest BCUT2D eigenvalue weighted by Crippen LogP contribution is -2.23. The molecule has 2 aromatic carbocycles. The smallest absolute Gasteiger partial charge is 0.266 e. The summed E-state index contributed by atoms with van der Waals surface area (Å²) in [6, 6.07) is 14.3. The summed E-state index contributed by atoms with van der Waals surface area (Å²) in [6.45, 7) is 3.95. The van der Waals surface area contributed by atoms with Crippen LogP contribution in [0.5, 0.6) is 0 Å². The third-order valence-corrected chi connectivity index (χ3v) is 3.79. The van der Waals surface area contributed by atoms with E-state index in [0.717, 1.165) is 16.9 Å². The number of para-hydroxylation sites is 1. The van der Waals surface area contributed by atoms with Crippen LogP contribution < -0.4 is 5.56 Å². The van der Waals surface area contributed by atoms with Crippen molar-refractivity contribution < 1.29 is 4.39 Å². The van der Waals surface area contributed by atoms with Gasteiger partial charge in [0.1, 0.15) is 5.82 Å². The number of halogens is 1. The van der Waals surface area contributed by atoms with E-state index in [1.807, 2.05) is 44.2 Å². The minimum Gasteiger partial charge on any atom is -0.280 e. The second-order valence-electron chi connectivity index (χ2n) is 5.12. The summed E-state index contributed by atoms with van der Waals surface area (Å²) in [7, 11) is 0. The highest BCUT2D eigenvalue weighted by atomic mass is 19.1. The summed E-state index contributed by atoms with van der Waals surface area (Å²) in [4.78, 5) is 12.8. The number of aromatic nitrogens is 1. The van der Waals surface area contributed by atoms with E-state index in [1.165, 1.54) is 6.07 Å². The maximum Gasteiger partial charge on any atom is 0.266 e. The van der Waals surface area contributed by atoms with Crippen molar-refractivity contribution in [1.29, 1.82) is 0 Å². The van der Waals surface area contributed by atoms with Crippen LogP contribution in [0.25, 0.3) is 16.5 Å². The molecule has 3 rings (SSSR count). The highest BCUT2D eigenvalue weighted by molar-refractivity contribution is 5.83. The number of benzene rings is 2. The molecule has 0 unspecified atom stereocenters. The average Bonchev–Trinajstić information content (AvgIpc) is 2.48. The summed E-state index contributed by atoms with van der Waals surface area (Å²) >= 11 is 0. The second-order valence-corrected chi connectivity index (χ2v) is 5.12. The monoisotopic (exact) mass is 281 g/mol. The molecule has 0 aliphatic carbocycles. The van der Waals surface area contributed by atoms with Crippen molar-refractivity contribution in [3.63, 3.8) is 0 Å². The third-order valence-electron chi connectivity index (χ3n) is 3.79. The Morgan fingerprint density at radius 3 is 2.57 bits per heavy atom. The van der Waals surface area contributed by atoms with E-state index >= 15 is 0 Å². The van der Waals surface area contributed by atoms with Crippen LogP contribution in [0, 0.1) is 12.7 Å². The molecule has 1 aromatic heterocycles. The Hall–Kier alpha value is -2.42. The van der Waals surface area contributed by atoms with Gasteiger partial charge in [-0.15, -0.1) is 0 Å². The van der Waals surface area contributed by atoms with Crippen LogP contribution in [0.15, 0.2) is 53.3 Å². The van der Waals surface area contributed by atoms with E-state index in [2.05, 4.69) is 0 Å². The first-order valence-corrected chi connectivity index (χ1v) is 7.02. The Balaban J connectivity index is 2.48. The van der Waals surface area contributed by atoms with Crippen molar-refractivity contribution >= 4 is 10.8 Å². The van der Waals surface area contributed by atoms with Crippen molar-refractivity contribution in [3.05, 3.63) is 76.0 Å². The van der Waals surface area contributed by atoms with E-state index in [4.69, 9.17) is 0 Å². The quantitative estimate of drug-likeness (QED) is 0.696. The van der Waals surface area contributed by atoms with Crippen LogP contribution in [0.4, 0.5) is 4.39 Å². The average molecular weight is 281 g/mol. The van der Waals surface area contributed by atoms with E-state index < -0.39 is 5.82 Å². The van der Waals surface area contributed by atoms with Crippen molar-refractivity contribution in [2.24, 2.45) is 0 Å². The highest BCUT2D eigenvalue weighted by Crippen LogP contribution is 2.20. The molecule has 2 nitrogen and oxygen atoms in total. The Morgan fingerprint density at radius 2 is 1.86 bits per heavy atom. The standard InChI is InChI=1S/C18H16FNO/c1-3-14-11-13-8-6-9-15(19)17(13)18(21)20(14)16-10-5-4-7-12(16)2/h4-11H,3H2,1-2H3. The van der Waals surface area contributed by atoms with Gasteiger partial charge in [-0.3, -0.25) is 9.36 Å². The molecule has 0 aliphatic heterocycles. The number of nitrogens with zero attached hydrogens (tertiary/aromatic N) is 1. The highest BCUT2D eigenvalue weighted by Gasteiger charge is 2.14. The summed E-state index contributed by atoms with van der Waals surface area (Å²) in [6.07, 6.45) is 0.704. The molecule has 21 heavy (non-hydrogen) atoms. The van der Waals surface area contributed by atoms with Gasteiger partial charge in [-0.05, 0) is 42.5 Å². The van der Waals surface area contributed by atoms with Crippen LogP contribution in [0.1, 0.15) is 18.2 Å². The number of pyridine rings is 1. The van der Waals surface area contributed by atoms with E-state index in [-0.39, 0.29) is 10.9 Å². The molecular weight excluding hydrogens is 265 g/mol. The number of aryl methyl sites for hydroxylation is 2. The van der Waals surface area contributed by atoms with Crippen LogP contribution in [-0.4, -0.2) is 4.57 Å². The Kier molecular flexibility index (Phi) is 3.34. The zero-order valence-corrected chi connectivity index (χ0v) is 12.1. The molecule has 0 spiro atoms. The largest absolute Gasteiger partial charge is 0.280 e. The van der Waals surface area contributed by atoms with Crippen LogP contribution in [0.2, 0.25) is 0 Å². The Labute approximate surface area is 122 Å². The third kappa shape index (κ3) is 2.15. The first-order chi connectivity index (χ1) is 10.1. The molecule has 3 aromatic rings. The molecule has 0 radical (unpaired) electrons. The first kappa shape index (κ1) is 13.6. The predicted molar refractivity (Wildman–Crippen MR) is 83.6 cm³/mol. The maximum atomic E-state index is 14.1. The molecule has 0 fully saturated rings. The van der Waals surface area contributed by atoms with Gasteiger partial charge in [-0.1, -0.05) is 37.3 Å². The molecule has 0 atom stereocenters. The molecule has 0 saturated heterocycles. The topological polar surface area (TPSA) is 22.0 Å². The van der Waals surface area contributed by atoms with Crippen molar-refractivity contribution in [3.8, 4) is 5.69 Å². The first-order valence-electron chi connectivity index (χ1n) is 7.02. The fourth-order valence-electron chi connectivity index (χ4n) is 2.71. The number of hydrogen-bond acceptors (Lipinski definition) is 1. The van der Waals surface area contributed by atoms with Crippen LogP contribution >= 0.6 is 0 Å². The van der Waals surface area contributed by atoms with Crippen molar-refractivity contribution in [1.82, 2.24) is 4.57 Å². The van der Waals surface area contributed by atoms with E-state index in [0.29, 0.717) is 11.8 Å². The van der Waals surface area contributed by atoms with Gasteiger partial charge in [0.15, 0.2) is 0 Å². The van der Waals surface area contributed by atoms with Gasteiger partial charge in [0, 0.05) is 5.69 Å². The molecule has 0 N–H and O–H groups in total. The predicted octanol–water partition coefficient (Wildman–Crippen LogP) is 4.00. The maximum absolute atomic E-state index is 14.1. The Morgan fingerprint density at radius 1 is 1.10 bits per heavy atom. The van der Waals surface area contributed by atoms with Crippen LogP contribution in [0.3, 0.4) is 0 Å². The summed E-state index contributed by atoms with van der Waals surface area (Å²) < 4.78 is 15.7. The number of fused-ring (bicyclic) bond motifs is 1. The second kappa shape index (κ2) is 5.17. The summed E-state index contributed by atoms with van der Waals surface area (Å²) in [5.41, 5.74) is 2.39. The SMILES string of the molecule is CCc1cc2cccc(F)c2c(=O)n1-c1ccccc1C. The van der Waals surface area contributed by atoms with Gasteiger partial charge in [0.25, 0.3) is 5.56 Å². The molecule has 0 aliphatic rings. The molecular formula is C18H16FNO. The van der Waals surface area contributed by atoms with Crippen molar-refractivity contribution in [2.45, 2.75) is 20.3 Å². The lowest BCUT2D eigenvalue weighted by molar-refractivity contribution is 0.637. The van der Waals surface area contributed by atoms with Gasteiger partial charge in [0.2, 0.25) is 0 Å². The molecule has 0 saturated carbocycles. The van der Waals surface area contributed by atoms with Gasteiger partial charge in [-0.2, -0.15) is 0 Å². The summed E-state index contributed by atoms with van der Waals surface area (Å²) in [5, 5.41) is 0.805. The van der Waals surface area contributed by atoms with Gasteiger partial charge < -0.3 is 0 Å². The fourth-order valence-corrected chi connectivity index (χ4v) is 2.71. The normalized spacial score (nSPS) is 11.0. The molecule has 0 amide bonds. The number of rotatable bonds is 2. The Bertz CT molecular complexity index is 880. The molecule has 0 bridgehead atoms. The van der Waals surface area contributed by atoms with Crippen LogP contribution in [-0.2, 0) is 6.42 Å². The molecule has 3 heteroatoms. The zero-order valence-electron chi connectivity index (χ0n) is 12.1. The van der Waals surface area contributed by atoms with E-state index in [9.17, 15) is 9.18 Å². The van der Waals surface area contributed by atoms with Gasteiger partial charge >= 0.3 is 0 Å². The zero-order chi connectivity index (χ0) is 15.0.